The highest BCUT2D eigenvalue weighted by atomic mass is 16.6. The summed E-state index contributed by atoms with van der Waals surface area (Å²) in [5.41, 5.74) is 0. The van der Waals surface area contributed by atoms with Crippen molar-refractivity contribution in [2.45, 2.75) is 12.2 Å². The van der Waals surface area contributed by atoms with Crippen molar-refractivity contribution in [2.24, 2.45) is 0 Å². The summed E-state index contributed by atoms with van der Waals surface area (Å²) in [5, 5.41) is 3.14. The molecule has 0 aromatic rings. The Morgan fingerprint density at radius 1 is 1.25 bits per heavy atom. The monoisotopic (exact) mass is 175 g/mol. The van der Waals surface area contributed by atoms with Crippen molar-refractivity contribution in [3.63, 3.8) is 0 Å². The van der Waals surface area contributed by atoms with Gasteiger partial charge in [-0.15, -0.1) is 0 Å². The standard InChI is InChI=1S/C8H17NO3/c1-10-5-8(6-11-2)12-7-3-9-4-7/h7-9H,3-6H2,1-2H3. The molecule has 1 heterocycles. The van der Waals surface area contributed by atoms with Gasteiger partial charge in [-0.3, -0.25) is 0 Å². The summed E-state index contributed by atoms with van der Waals surface area (Å²) in [7, 11) is 3.34. The quantitative estimate of drug-likeness (QED) is 0.598. The average Bonchev–Trinajstić information content (AvgIpc) is 1.97. The zero-order valence-electron chi connectivity index (χ0n) is 7.71. The summed E-state index contributed by atoms with van der Waals surface area (Å²) >= 11 is 0. The van der Waals surface area contributed by atoms with Crippen LogP contribution in [0.4, 0.5) is 0 Å². The summed E-state index contributed by atoms with van der Waals surface area (Å²) in [6, 6.07) is 0. The van der Waals surface area contributed by atoms with Crippen LogP contribution in [-0.4, -0.2) is 52.7 Å². The minimum Gasteiger partial charge on any atom is -0.382 e. The van der Waals surface area contributed by atoms with E-state index in [4.69, 9.17) is 14.2 Å². The Hall–Kier alpha value is -0.160. The molecule has 0 amide bonds. The maximum absolute atomic E-state index is 5.65. The van der Waals surface area contributed by atoms with Crippen LogP contribution in [-0.2, 0) is 14.2 Å². The van der Waals surface area contributed by atoms with Gasteiger partial charge in [-0.2, -0.15) is 0 Å². The Labute approximate surface area is 73.2 Å². The maximum Gasteiger partial charge on any atom is 0.105 e. The van der Waals surface area contributed by atoms with Crippen molar-refractivity contribution in [2.75, 3.05) is 40.5 Å². The van der Waals surface area contributed by atoms with E-state index in [1.165, 1.54) is 0 Å². The van der Waals surface area contributed by atoms with Crippen LogP contribution in [0.1, 0.15) is 0 Å². The van der Waals surface area contributed by atoms with Crippen molar-refractivity contribution in [1.82, 2.24) is 5.32 Å². The molecule has 0 aromatic heterocycles. The Morgan fingerprint density at radius 3 is 2.17 bits per heavy atom. The molecule has 4 nitrogen and oxygen atoms in total. The van der Waals surface area contributed by atoms with Crippen LogP contribution >= 0.6 is 0 Å². The van der Waals surface area contributed by atoms with Crippen LogP contribution in [0, 0.1) is 0 Å². The lowest BCUT2D eigenvalue weighted by Crippen LogP contribution is -2.51. The van der Waals surface area contributed by atoms with Gasteiger partial charge in [0.05, 0.1) is 19.3 Å². The number of ether oxygens (including phenoxy) is 3. The van der Waals surface area contributed by atoms with Gasteiger partial charge in [0.1, 0.15) is 6.10 Å². The molecule has 1 aliphatic heterocycles. The van der Waals surface area contributed by atoms with Gasteiger partial charge in [0.15, 0.2) is 0 Å². The molecule has 12 heavy (non-hydrogen) atoms. The van der Waals surface area contributed by atoms with Crippen molar-refractivity contribution >= 4 is 0 Å². The zero-order chi connectivity index (χ0) is 8.81. The maximum atomic E-state index is 5.65. The van der Waals surface area contributed by atoms with E-state index in [0.717, 1.165) is 13.1 Å². The van der Waals surface area contributed by atoms with Crippen LogP contribution in [0.2, 0.25) is 0 Å². The molecule has 1 fully saturated rings. The third-order valence-corrected chi connectivity index (χ3v) is 1.83. The Kier molecular flexibility index (Phi) is 4.53. The molecule has 0 saturated carbocycles. The molecule has 0 bridgehead atoms. The highest BCUT2D eigenvalue weighted by molar-refractivity contribution is 4.76. The highest BCUT2D eigenvalue weighted by Gasteiger charge is 2.21. The van der Waals surface area contributed by atoms with E-state index in [0.29, 0.717) is 19.3 Å². The summed E-state index contributed by atoms with van der Waals surface area (Å²) in [6.45, 7) is 3.10. The second-order valence-electron chi connectivity index (χ2n) is 2.95. The SMILES string of the molecule is COCC(COC)OC1CNC1. The van der Waals surface area contributed by atoms with Crippen LogP contribution < -0.4 is 5.32 Å². The van der Waals surface area contributed by atoms with Gasteiger partial charge in [0.2, 0.25) is 0 Å². The fraction of sp³-hybridized carbons (Fsp3) is 1.00. The lowest BCUT2D eigenvalue weighted by molar-refractivity contribution is -0.0921. The third-order valence-electron chi connectivity index (χ3n) is 1.83. The lowest BCUT2D eigenvalue weighted by atomic mass is 10.2. The van der Waals surface area contributed by atoms with E-state index in [2.05, 4.69) is 5.32 Å². The van der Waals surface area contributed by atoms with Crippen LogP contribution in [0.25, 0.3) is 0 Å². The smallest absolute Gasteiger partial charge is 0.105 e. The molecule has 0 spiro atoms. The normalized spacial score (nSPS) is 18.2. The number of rotatable bonds is 6. The van der Waals surface area contributed by atoms with Gasteiger partial charge in [-0.1, -0.05) is 0 Å². The summed E-state index contributed by atoms with van der Waals surface area (Å²) in [4.78, 5) is 0. The molecule has 1 aliphatic rings. The Morgan fingerprint density at radius 2 is 1.83 bits per heavy atom. The largest absolute Gasteiger partial charge is 0.382 e. The third kappa shape index (κ3) is 3.06. The predicted octanol–water partition coefficient (Wildman–Crippen LogP) is -0.364. The number of hydrogen-bond acceptors (Lipinski definition) is 4. The van der Waals surface area contributed by atoms with E-state index in [1.807, 2.05) is 0 Å². The molecule has 0 aliphatic carbocycles. The van der Waals surface area contributed by atoms with E-state index < -0.39 is 0 Å². The minimum atomic E-state index is 0.0760. The fourth-order valence-electron chi connectivity index (χ4n) is 1.13. The van der Waals surface area contributed by atoms with E-state index in [1.54, 1.807) is 14.2 Å². The average molecular weight is 175 g/mol. The Balaban J connectivity index is 2.11. The Bertz CT molecular complexity index is 111. The van der Waals surface area contributed by atoms with Crippen molar-refractivity contribution in [1.29, 1.82) is 0 Å². The predicted molar refractivity (Wildman–Crippen MR) is 45.3 cm³/mol. The summed E-state index contributed by atoms with van der Waals surface area (Å²) in [6.07, 6.45) is 0.424. The summed E-state index contributed by atoms with van der Waals surface area (Å²) < 4.78 is 15.7. The van der Waals surface area contributed by atoms with Crippen LogP contribution in [0.5, 0.6) is 0 Å². The van der Waals surface area contributed by atoms with Gasteiger partial charge in [0, 0.05) is 27.3 Å². The van der Waals surface area contributed by atoms with Gasteiger partial charge in [-0.05, 0) is 0 Å². The van der Waals surface area contributed by atoms with Gasteiger partial charge in [-0.25, -0.2) is 0 Å². The fourth-order valence-corrected chi connectivity index (χ4v) is 1.13. The van der Waals surface area contributed by atoms with Crippen molar-refractivity contribution in [3.05, 3.63) is 0 Å². The molecule has 0 unspecified atom stereocenters. The first kappa shape index (κ1) is 9.92. The van der Waals surface area contributed by atoms with Crippen LogP contribution in [0.3, 0.4) is 0 Å². The molecular weight excluding hydrogens is 158 g/mol. The lowest BCUT2D eigenvalue weighted by Gasteiger charge is -2.30. The van der Waals surface area contributed by atoms with E-state index >= 15 is 0 Å². The second kappa shape index (κ2) is 5.48. The molecule has 1 rings (SSSR count). The first-order valence-corrected chi connectivity index (χ1v) is 4.21. The van der Waals surface area contributed by atoms with Gasteiger partial charge < -0.3 is 19.5 Å². The van der Waals surface area contributed by atoms with Gasteiger partial charge >= 0.3 is 0 Å². The van der Waals surface area contributed by atoms with E-state index in [9.17, 15) is 0 Å². The molecule has 1 saturated heterocycles. The molecule has 0 aromatic carbocycles. The molecular formula is C8H17NO3. The van der Waals surface area contributed by atoms with Crippen LogP contribution in [0.15, 0.2) is 0 Å². The molecule has 0 radical (unpaired) electrons. The molecule has 72 valence electrons. The zero-order valence-corrected chi connectivity index (χ0v) is 7.71. The van der Waals surface area contributed by atoms with Crippen molar-refractivity contribution in [3.8, 4) is 0 Å². The molecule has 4 heteroatoms. The molecule has 1 N–H and O–H groups in total. The van der Waals surface area contributed by atoms with E-state index in [-0.39, 0.29) is 6.10 Å². The topological polar surface area (TPSA) is 39.7 Å². The number of hydrogen-bond donors (Lipinski definition) is 1. The number of methoxy groups -OCH3 is 2. The summed E-state index contributed by atoms with van der Waals surface area (Å²) in [5.74, 6) is 0. The molecule has 0 atom stereocenters. The number of nitrogens with one attached hydrogen (secondary N) is 1. The van der Waals surface area contributed by atoms with Crippen molar-refractivity contribution < 1.29 is 14.2 Å². The first-order valence-electron chi connectivity index (χ1n) is 4.21. The second-order valence-corrected chi connectivity index (χ2v) is 2.95. The highest BCUT2D eigenvalue weighted by Crippen LogP contribution is 2.04. The first-order chi connectivity index (χ1) is 5.86. The van der Waals surface area contributed by atoms with Gasteiger partial charge in [0.25, 0.3) is 0 Å². The minimum absolute atomic E-state index is 0.0760.